The van der Waals surface area contributed by atoms with Crippen molar-refractivity contribution in [3.8, 4) is 0 Å². The SMILES string of the molecule is Cc1cc(C(C)NCc2cc(F)c(F)c(F)c2)c(C)s1. The maximum atomic E-state index is 13.1. The molecule has 2 rings (SSSR count). The first-order valence-electron chi connectivity index (χ1n) is 6.32. The second-order valence-corrected chi connectivity index (χ2v) is 6.31. The Hall–Kier alpha value is -1.33. The number of benzene rings is 1. The number of hydrogen-bond donors (Lipinski definition) is 1. The van der Waals surface area contributed by atoms with E-state index < -0.39 is 17.5 Å². The van der Waals surface area contributed by atoms with Gasteiger partial charge in [0.05, 0.1) is 0 Å². The summed E-state index contributed by atoms with van der Waals surface area (Å²) in [6, 6.07) is 4.20. The molecule has 1 atom stereocenters. The lowest BCUT2D eigenvalue weighted by Crippen LogP contribution is -2.18. The number of hydrogen-bond acceptors (Lipinski definition) is 2. The van der Waals surface area contributed by atoms with Gasteiger partial charge in [-0.05, 0) is 50.1 Å². The number of halogens is 3. The first-order chi connectivity index (χ1) is 9.38. The molecule has 0 saturated heterocycles. The molecule has 1 heterocycles. The lowest BCUT2D eigenvalue weighted by molar-refractivity contribution is 0.443. The van der Waals surface area contributed by atoms with Gasteiger partial charge in [0.1, 0.15) is 0 Å². The molecule has 0 aliphatic heterocycles. The van der Waals surface area contributed by atoms with Crippen molar-refractivity contribution in [1.29, 1.82) is 0 Å². The summed E-state index contributed by atoms with van der Waals surface area (Å²) < 4.78 is 39.1. The van der Waals surface area contributed by atoms with Crippen molar-refractivity contribution in [3.63, 3.8) is 0 Å². The van der Waals surface area contributed by atoms with E-state index in [2.05, 4.69) is 11.4 Å². The first-order valence-corrected chi connectivity index (χ1v) is 7.14. The Morgan fingerprint density at radius 2 is 1.70 bits per heavy atom. The zero-order valence-corrected chi connectivity index (χ0v) is 12.4. The van der Waals surface area contributed by atoms with Crippen LogP contribution in [-0.4, -0.2) is 0 Å². The molecular formula is C15H16F3NS. The minimum Gasteiger partial charge on any atom is -0.306 e. The molecule has 0 radical (unpaired) electrons. The van der Waals surface area contributed by atoms with E-state index in [1.807, 2.05) is 20.8 Å². The largest absolute Gasteiger partial charge is 0.306 e. The van der Waals surface area contributed by atoms with E-state index in [1.54, 1.807) is 11.3 Å². The smallest absolute Gasteiger partial charge is 0.194 e. The minimum absolute atomic E-state index is 0.0659. The van der Waals surface area contributed by atoms with Crippen LogP contribution in [0.4, 0.5) is 13.2 Å². The van der Waals surface area contributed by atoms with Gasteiger partial charge in [-0.25, -0.2) is 13.2 Å². The predicted octanol–water partition coefficient (Wildman–Crippen LogP) is 4.63. The van der Waals surface area contributed by atoms with E-state index in [1.165, 1.54) is 15.3 Å². The molecule has 0 aliphatic carbocycles. The fraction of sp³-hybridized carbons (Fsp3) is 0.333. The molecule has 0 saturated carbocycles. The average molecular weight is 299 g/mol. The zero-order chi connectivity index (χ0) is 14.9. The van der Waals surface area contributed by atoms with Crippen molar-refractivity contribution in [2.75, 3.05) is 0 Å². The molecule has 108 valence electrons. The van der Waals surface area contributed by atoms with Gasteiger partial charge in [-0.3, -0.25) is 0 Å². The molecule has 0 aliphatic rings. The molecule has 1 N–H and O–H groups in total. The third kappa shape index (κ3) is 3.22. The lowest BCUT2D eigenvalue weighted by Gasteiger charge is -2.14. The van der Waals surface area contributed by atoms with Crippen LogP contribution in [-0.2, 0) is 6.54 Å². The van der Waals surface area contributed by atoms with E-state index >= 15 is 0 Å². The quantitative estimate of drug-likeness (QED) is 0.811. The van der Waals surface area contributed by atoms with Gasteiger partial charge in [0.25, 0.3) is 0 Å². The molecule has 1 nitrogen and oxygen atoms in total. The van der Waals surface area contributed by atoms with Crippen LogP contribution in [0.2, 0.25) is 0 Å². The monoisotopic (exact) mass is 299 g/mol. The van der Waals surface area contributed by atoms with Crippen LogP contribution in [0.3, 0.4) is 0 Å². The van der Waals surface area contributed by atoms with Crippen LogP contribution in [0.5, 0.6) is 0 Å². The third-order valence-corrected chi connectivity index (χ3v) is 4.18. The van der Waals surface area contributed by atoms with E-state index in [0.29, 0.717) is 5.56 Å². The Balaban J connectivity index is 2.07. The van der Waals surface area contributed by atoms with Gasteiger partial charge in [0, 0.05) is 22.3 Å². The van der Waals surface area contributed by atoms with Crippen LogP contribution in [0.15, 0.2) is 18.2 Å². The predicted molar refractivity (Wildman–Crippen MR) is 75.4 cm³/mol. The van der Waals surface area contributed by atoms with Gasteiger partial charge in [-0.15, -0.1) is 11.3 Å². The second-order valence-electron chi connectivity index (χ2n) is 4.84. The highest BCUT2D eigenvalue weighted by Crippen LogP contribution is 2.26. The topological polar surface area (TPSA) is 12.0 Å². The van der Waals surface area contributed by atoms with Gasteiger partial charge in [0.2, 0.25) is 0 Å². The minimum atomic E-state index is -1.42. The Morgan fingerprint density at radius 1 is 1.10 bits per heavy atom. The number of rotatable bonds is 4. The molecule has 0 bridgehead atoms. The van der Waals surface area contributed by atoms with Crippen molar-refractivity contribution in [1.82, 2.24) is 5.32 Å². The standard InChI is InChI=1S/C15H16F3NS/c1-8-4-12(10(3)20-8)9(2)19-7-11-5-13(16)15(18)14(17)6-11/h4-6,9,19H,7H2,1-3H3. The Bertz CT molecular complexity index is 599. The van der Waals surface area contributed by atoms with Crippen molar-refractivity contribution in [2.24, 2.45) is 0 Å². The van der Waals surface area contributed by atoms with E-state index in [-0.39, 0.29) is 12.6 Å². The second kappa shape index (κ2) is 5.97. The van der Waals surface area contributed by atoms with Gasteiger partial charge in [-0.2, -0.15) is 0 Å². The van der Waals surface area contributed by atoms with Gasteiger partial charge >= 0.3 is 0 Å². The van der Waals surface area contributed by atoms with Gasteiger partial charge < -0.3 is 5.32 Å². The number of aryl methyl sites for hydroxylation is 2. The van der Waals surface area contributed by atoms with E-state index in [0.717, 1.165) is 12.1 Å². The van der Waals surface area contributed by atoms with Crippen LogP contribution in [0.1, 0.15) is 33.8 Å². The Labute approximate surface area is 120 Å². The first kappa shape index (κ1) is 15.1. The van der Waals surface area contributed by atoms with E-state index in [4.69, 9.17) is 0 Å². The molecule has 0 spiro atoms. The zero-order valence-electron chi connectivity index (χ0n) is 11.6. The maximum Gasteiger partial charge on any atom is 0.194 e. The number of thiophene rings is 1. The molecule has 1 unspecified atom stereocenters. The fourth-order valence-corrected chi connectivity index (χ4v) is 3.19. The average Bonchev–Trinajstić information content (AvgIpc) is 2.72. The summed E-state index contributed by atoms with van der Waals surface area (Å²) in [6.45, 7) is 6.36. The highest BCUT2D eigenvalue weighted by atomic mass is 32.1. The molecule has 1 aromatic carbocycles. The number of nitrogens with one attached hydrogen (secondary N) is 1. The highest BCUT2D eigenvalue weighted by Gasteiger charge is 2.13. The van der Waals surface area contributed by atoms with Crippen molar-refractivity contribution < 1.29 is 13.2 Å². The molecule has 0 amide bonds. The van der Waals surface area contributed by atoms with E-state index in [9.17, 15) is 13.2 Å². The molecule has 5 heteroatoms. The summed E-state index contributed by atoms with van der Waals surface area (Å²) in [5, 5.41) is 3.19. The summed E-state index contributed by atoms with van der Waals surface area (Å²) in [5.41, 5.74) is 1.56. The normalized spacial score (nSPS) is 12.7. The van der Waals surface area contributed by atoms with Crippen LogP contribution in [0.25, 0.3) is 0 Å². The van der Waals surface area contributed by atoms with Crippen LogP contribution >= 0.6 is 11.3 Å². The Kier molecular flexibility index (Phi) is 4.50. The van der Waals surface area contributed by atoms with Crippen molar-refractivity contribution >= 4 is 11.3 Å². The van der Waals surface area contributed by atoms with Crippen molar-refractivity contribution in [2.45, 2.75) is 33.4 Å². The fourth-order valence-electron chi connectivity index (χ4n) is 2.17. The van der Waals surface area contributed by atoms with Gasteiger partial charge in [-0.1, -0.05) is 0 Å². The van der Waals surface area contributed by atoms with Gasteiger partial charge in [0.15, 0.2) is 17.5 Å². The van der Waals surface area contributed by atoms with Crippen LogP contribution in [0, 0.1) is 31.3 Å². The highest BCUT2D eigenvalue weighted by molar-refractivity contribution is 7.12. The molecule has 1 aromatic heterocycles. The molecule has 2 aromatic rings. The Morgan fingerprint density at radius 3 is 2.20 bits per heavy atom. The summed E-state index contributed by atoms with van der Waals surface area (Å²) in [4.78, 5) is 2.45. The molecular weight excluding hydrogens is 283 g/mol. The summed E-state index contributed by atoms with van der Waals surface area (Å²) in [7, 11) is 0. The van der Waals surface area contributed by atoms with Crippen LogP contribution < -0.4 is 5.32 Å². The molecule has 20 heavy (non-hydrogen) atoms. The summed E-state index contributed by atoms with van der Waals surface area (Å²) in [5.74, 6) is -3.74. The summed E-state index contributed by atoms with van der Waals surface area (Å²) >= 11 is 1.72. The third-order valence-electron chi connectivity index (χ3n) is 3.20. The van der Waals surface area contributed by atoms with Crippen molar-refractivity contribution in [3.05, 3.63) is 56.5 Å². The molecule has 0 fully saturated rings. The lowest BCUT2D eigenvalue weighted by atomic mass is 10.1. The summed E-state index contributed by atoms with van der Waals surface area (Å²) in [6.07, 6.45) is 0. The maximum absolute atomic E-state index is 13.1.